The van der Waals surface area contributed by atoms with Crippen LogP contribution in [-0.2, 0) is 6.54 Å². The van der Waals surface area contributed by atoms with Gasteiger partial charge in [-0.3, -0.25) is 4.90 Å². The molecule has 2 N–H and O–H groups in total. The Hall–Kier alpha value is -0.870. The zero-order valence-corrected chi connectivity index (χ0v) is 12.6. The molecule has 1 unspecified atom stereocenters. The maximum absolute atomic E-state index is 6.55. The summed E-state index contributed by atoms with van der Waals surface area (Å²) < 4.78 is 2.16. The van der Waals surface area contributed by atoms with Gasteiger partial charge in [-0.25, -0.2) is 4.98 Å². The highest BCUT2D eigenvalue weighted by Gasteiger charge is 2.36. The molecule has 4 nitrogen and oxygen atoms in total. The number of imidazole rings is 1. The molecule has 19 heavy (non-hydrogen) atoms. The number of hydrogen-bond donors (Lipinski definition) is 1. The predicted octanol–water partition coefficient (Wildman–Crippen LogP) is 2.56. The van der Waals surface area contributed by atoms with Crippen molar-refractivity contribution in [3.8, 4) is 0 Å². The Balaban J connectivity index is 2.17. The molecule has 0 amide bonds. The van der Waals surface area contributed by atoms with Gasteiger partial charge in [-0.05, 0) is 46.7 Å². The third-order valence-electron chi connectivity index (χ3n) is 4.55. The summed E-state index contributed by atoms with van der Waals surface area (Å²) in [4.78, 5) is 7.04. The van der Waals surface area contributed by atoms with E-state index in [1.165, 1.54) is 25.7 Å². The fraction of sp³-hybridized carbons (Fsp3) is 0.800. The molecule has 1 aliphatic heterocycles. The van der Waals surface area contributed by atoms with Crippen molar-refractivity contribution in [1.29, 1.82) is 0 Å². The Kier molecular flexibility index (Phi) is 4.63. The van der Waals surface area contributed by atoms with E-state index in [1.54, 1.807) is 0 Å². The summed E-state index contributed by atoms with van der Waals surface area (Å²) in [6, 6.07) is -0.0412. The minimum Gasteiger partial charge on any atom is -0.334 e. The summed E-state index contributed by atoms with van der Waals surface area (Å²) in [6.45, 7) is 9.91. The van der Waals surface area contributed by atoms with Crippen LogP contribution < -0.4 is 5.73 Å². The lowest BCUT2D eigenvalue weighted by molar-refractivity contribution is 0.0938. The van der Waals surface area contributed by atoms with Crippen LogP contribution in [0.1, 0.15) is 58.3 Å². The maximum Gasteiger partial charge on any atom is 0.127 e. The first-order valence-corrected chi connectivity index (χ1v) is 7.59. The Labute approximate surface area is 117 Å². The molecule has 2 heterocycles. The van der Waals surface area contributed by atoms with Gasteiger partial charge in [-0.15, -0.1) is 0 Å². The molecule has 2 rings (SSSR count). The summed E-state index contributed by atoms with van der Waals surface area (Å²) >= 11 is 0. The van der Waals surface area contributed by atoms with Gasteiger partial charge in [0.05, 0.1) is 6.04 Å². The Morgan fingerprint density at radius 3 is 2.47 bits per heavy atom. The largest absolute Gasteiger partial charge is 0.334 e. The zero-order chi connectivity index (χ0) is 13.9. The van der Waals surface area contributed by atoms with Gasteiger partial charge in [0.15, 0.2) is 0 Å². The molecule has 1 fully saturated rings. The average molecular weight is 264 g/mol. The highest BCUT2D eigenvalue weighted by molar-refractivity contribution is 5.07. The van der Waals surface area contributed by atoms with E-state index < -0.39 is 0 Å². The molecule has 108 valence electrons. The van der Waals surface area contributed by atoms with Crippen LogP contribution in [0.3, 0.4) is 0 Å². The molecule has 0 aromatic carbocycles. The molecule has 0 radical (unpaired) electrons. The second-order valence-corrected chi connectivity index (χ2v) is 6.10. The molecule has 1 aliphatic rings. The van der Waals surface area contributed by atoms with Gasteiger partial charge < -0.3 is 10.3 Å². The molecule has 4 heteroatoms. The first-order chi connectivity index (χ1) is 9.07. The van der Waals surface area contributed by atoms with Crippen molar-refractivity contribution in [3.63, 3.8) is 0 Å². The van der Waals surface area contributed by atoms with Crippen molar-refractivity contribution in [2.24, 2.45) is 5.73 Å². The lowest BCUT2D eigenvalue weighted by Gasteiger charge is -2.42. The van der Waals surface area contributed by atoms with Gasteiger partial charge >= 0.3 is 0 Å². The van der Waals surface area contributed by atoms with Crippen LogP contribution in [-0.4, -0.2) is 33.1 Å². The van der Waals surface area contributed by atoms with Gasteiger partial charge in [0.25, 0.3) is 0 Å². The maximum atomic E-state index is 6.55. The van der Waals surface area contributed by atoms with Crippen molar-refractivity contribution >= 4 is 0 Å². The topological polar surface area (TPSA) is 47.1 Å². The van der Waals surface area contributed by atoms with Crippen molar-refractivity contribution < 1.29 is 0 Å². The van der Waals surface area contributed by atoms with Gasteiger partial charge in [-0.2, -0.15) is 0 Å². The predicted molar refractivity (Wildman–Crippen MR) is 78.9 cm³/mol. The minimum absolute atomic E-state index is 0.0391. The van der Waals surface area contributed by atoms with Crippen LogP contribution >= 0.6 is 0 Å². The SMILES string of the molecule is CCn1ccnc1C(N)C(C)(C)N1CCCCCC1. The van der Waals surface area contributed by atoms with Gasteiger partial charge in [0.2, 0.25) is 0 Å². The van der Waals surface area contributed by atoms with Crippen LogP contribution in [0.2, 0.25) is 0 Å². The van der Waals surface area contributed by atoms with E-state index in [1.807, 2.05) is 12.4 Å². The summed E-state index contributed by atoms with van der Waals surface area (Å²) in [5.41, 5.74) is 6.51. The molecule has 0 bridgehead atoms. The second-order valence-electron chi connectivity index (χ2n) is 6.10. The van der Waals surface area contributed by atoms with Crippen molar-refractivity contribution in [2.45, 2.75) is 64.6 Å². The van der Waals surface area contributed by atoms with Crippen LogP contribution in [0.25, 0.3) is 0 Å². The number of nitrogens with zero attached hydrogens (tertiary/aromatic N) is 3. The summed E-state index contributed by atoms with van der Waals surface area (Å²) in [5, 5.41) is 0. The lowest BCUT2D eigenvalue weighted by Crippen LogP contribution is -2.52. The van der Waals surface area contributed by atoms with Crippen molar-refractivity contribution in [2.75, 3.05) is 13.1 Å². The second kappa shape index (κ2) is 6.06. The first kappa shape index (κ1) is 14.5. The molecule has 1 aromatic heterocycles. The fourth-order valence-corrected chi connectivity index (χ4v) is 3.03. The van der Waals surface area contributed by atoms with Crippen LogP contribution in [0.15, 0.2) is 12.4 Å². The summed E-state index contributed by atoms with van der Waals surface area (Å²) in [5.74, 6) is 1.01. The highest BCUT2D eigenvalue weighted by atomic mass is 15.2. The van der Waals surface area contributed by atoms with Crippen LogP contribution in [0, 0.1) is 0 Å². The van der Waals surface area contributed by atoms with Crippen molar-refractivity contribution in [3.05, 3.63) is 18.2 Å². The van der Waals surface area contributed by atoms with Crippen LogP contribution in [0.5, 0.6) is 0 Å². The number of aromatic nitrogens is 2. The van der Waals surface area contributed by atoms with Crippen molar-refractivity contribution in [1.82, 2.24) is 14.5 Å². The van der Waals surface area contributed by atoms with Gasteiger partial charge in [-0.1, -0.05) is 12.8 Å². The molecule has 0 spiro atoms. The molecule has 1 atom stereocenters. The van der Waals surface area contributed by atoms with E-state index in [0.29, 0.717) is 0 Å². The van der Waals surface area contributed by atoms with E-state index in [0.717, 1.165) is 25.5 Å². The molecule has 1 saturated heterocycles. The van der Waals surface area contributed by atoms with E-state index in [9.17, 15) is 0 Å². The first-order valence-electron chi connectivity index (χ1n) is 7.59. The Bertz CT molecular complexity index is 389. The number of aryl methyl sites for hydroxylation is 1. The number of hydrogen-bond acceptors (Lipinski definition) is 3. The van der Waals surface area contributed by atoms with E-state index in [2.05, 4.69) is 35.2 Å². The van der Waals surface area contributed by atoms with E-state index >= 15 is 0 Å². The Morgan fingerprint density at radius 2 is 1.89 bits per heavy atom. The monoisotopic (exact) mass is 264 g/mol. The highest BCUT2D eigenvalue weighted by Crippen LogP contribution is 2.30. The molecular formula is C15H28N4. The standard InChI is InChI=1S/C15H28N4/c1-4-18-12-9-17-14(18)13(16)15(2,3)19-10-7-5-6-8-11-19/h9,12-13H,4-8,10-11,16H2,1-3H3. The minimum atomic E-state index is -0.0412. The van der Waals surface area contributed by atoms with E-state index in [-0.39, 0.29) is 11.6 Å². The third-order valence-corrected chi connectivity index (χ3v) is 4.55. The number of likely N-dealkylation sites (tertiary alicyclic amines) is 1. The zero-order valence-electron chi connectivity index (χ0n) is 12.6. The summed E-state index contributed by atoms with van der Waals surface area (Å²) in [6.07, 6.45) is 9.17. The number of nitrogens with two attached hydrogens (primary N) is 1. The lowest BCUT2D eigenvalue weighted by atomic mass is 9.91. The van der Waals surface area contributed by atoms with Crippen LogP contribution in [0.4, 0.5) is 0 Å². The number of rotatable bonds is 4. The Morgan fingerprint density at radius 1 is 1.26 bits per heavy atom. The smallest absolute Gasteiger partial charge is 0.127 e. The molecule has 1 aromatic rings. The summed E-state index contributed by atoms with van der Waals surface area (Å²) in [7, 11) is 0. The van der Waals surface area contributed by atoms with E-state index in [4.69, 9.17) is 5.73 Å². The average Bonchev–Trinajstić information content (AvgIpc) is 2.69. The quantitative estimate of drug-likeness (QED) is 0.909. The normalized spacial score (nSPS) is 20.2. The van der Waals surface area contributed by atoms with Gasteiger partial charge in [0.1, 0.15) is 5.82 Å². The fourth-order valence-electron chi connectivity index (χ4n) is 3.03. The molecule has 0 saturated carbocycles. The van der Waals surface area contributed by atoms with Gasteiger partial charge in [0, 0.05) is 24.5 Å². The molecule has 0 aliphatic carbocycles. The molecular weight excluding hydrogens is 236 g/mol. The third kappa shape index (κ3) is 3.00.